The molecule has 1 aromatic carbocycles. The summed E-state index contributed by atoms with van der Waals surface area (Å²) in [5.41, 5.74) is -0.344. The molecule has 0 amide bonds. The van der Waals surface area contributed by atoms with Crippen molar-refractivity contribution in [3.63, 3.8) is 0 Å². The molecule has 4 rings (SSSR count). The van der Waals surface area contributed by atoms with Crippen LogP contribution < -0.4 is 9.47 Å². The molecule has 8 heteroatoms. The fraction of sp³-hybridized carbons (Fsp3) is 0.500. The summed E-state index contributed by atoms with van der Waals surface area (Å²) in [6.45, 7) is 0.991. The first-order valence-electron chi connectivity index (χ1n) is 7.88. The molecule has 2 aromatic rings. The van der Waals surface area contributed by atoms with E-state index in [-0.39, 0.29) is 25.7 Å². The van der Waals surface area contributed by atoms with Gasteiger partial charge in [-0.25, -0.2) is 13.5 Å². The van der Waals surface area contributed by atoms with Crippen molar-refractivity contribution in [1.29, 1.82) is 0 Å². The molecule has 0 unspecified atom stereocenters. The second-order valence-electron chi connectivity index (χ2n) is 6.26. The van der Waals surface area contributed by atoms with Crippen molar-refractivity contribution < 1.29 is 23.4 Å². The van der Waals surface area contributed by atoms with Gasteiger partial charge in [-0.05, 0) is 25.0 Å². The van der Waals surface area contributed by atoms with E-state index in [4.69, 9.17) is 9.47 Å². The van der Waals surface area contributed by atoms with Crippen LogP contribution in [0.15, 0.2) is 24.4 Å². The first-order valence-corrected chi connectivity index (χ1v) is 7.88. The van der Waals surface area contributed by atoms with Gasteiger partial charge in [0.05, 0.1) is 11.9 Å². The number of nitrogens with zero attached hydrogens (tertiary/aromatic N) is 3. The maximum atomic E-state index is 13.3. The van der Waals surface area contributed by atoms with Gasteiger partial charge < -0.3 is 14.6 Å². The number of benzene rings is 1. The zero-order chi connectivity index (χ0) is 16.8. The van der Waals surface area contributed by atoms with E-state index in [1.54, 1.807) is 24.4 Å². The summed E-state index contributed by atoms with van der Waals surface area (Å²) >= 11 is 0. The third-order valence-corrected chi connectivity index (χ3v) is 4.57. The van der Waals surface area contributed by atoms with Gasteiger partial charge in [0.15, 0.2) is 11.5 Å². The van der Waals surface area contributed by atoms with Gasteiger partial charge in [0.25, 0.3) is 0 Å². The number of rotatable bonds is 2. The van der Waals surface area contributed by atoms with Crippen molar-refractivity contribution in [3.05, 3.63) is 30.1 Å². The normalized spacial score (nSPS) is 21.5. The quantitative estimate of drug-likeness (QED) is 0.911. The first-order chi connectivity index (χ1) is 11.5. The minimum absolute atomic E-state index is 0.0279. The Morgan fingerprint density at radius 3 is 2.50 bits per heavy atom. The lowest BCUT2D eigenvalue weighted by Crippen LogP contribution is -2.36. The third-order valence-electron chi connectivity index (χ3n) is 4.57. The van der Waals surface area contributed by atoms with E-state index in [9.17, 15) is 13.9 Å². The van der Waals surface area contributed by atoms with Crippen molar-refractivity contribution in [3.8, 4) is 17.2 Å². The summed E-state index contributed by atoms with van der Waals surface area (Å²) in [4.78, 5) is 0. The van der Waals surface area contributed by atoms with E-state index in [1.165, 1.54) is 4.68 Å². The molecule has 1 aliphatic heterocycles. The molecule has 6 nitrogen and oxygen atoms in total. The van der Waals surface area contributed by atoms with Crippen molar-refractivity contribution >= 4 is 0 Å². The largest absolute Gasteiger partial charge is 0.486 e. The molecule has 1 aliphatic carbocycles. The van der Waals surface area contributed by atoms with Crippen LogP contribution in [0.1, 0.15) is 31.4 Å². The number of alkyl halides is 2. The average molecular weight is 337 g/mol. The zero-order valence-electron chi connectivity index (χ0n) is 12.9. The molecule has 0 atom stereocenters. The zero-order valence-corrected chi connectivity index (χ0v) is 12.9. The molecule has 1 N–H and O–H groups in total. The fourth-order valence-electron chi connectivity index (χ4n) is 3.06. The first kappa shape index (κ1) is 15.3. The molecule has 2 aliphatic rings. The van der Waals surface area contributed by atoms with Gasteiger partial charge in [0.1, 0.15) is 24.5 Å². The Bertz CT molecular complexity index is 753. The van der Waals surface area contributed by atoms with Crippen LogP contribution in [0.3, 0.4) is 0 Å². The van der Waals surface area contributed by atoms with Gasteiger partial charge in [-0.3, -0.25) is 0 Å². The van der Waals surface area contributed by atoms with Gasteiger partial charge in [-0.1, -0.05) is 5.21 Å². The molecule has 0 bridgehead atoms. The third kappa shape index (κ3) is 2.71. The van der Waals surface area contributed by atoms with E-state index in [0.717, 1.165) is 0 Å². The summed E-state index contributed by atoms with van der Waals surface area (Å²) in [6.07, 6.45) is 0.829. The highest BCUT2D eigenvalue weighted by Gasteiger charge is 2.44. The number of aromatic nitrogens is 3. The molecule has 0 radical (unpaired) electrons. The highest BCUT2D eigenvalue weighted by Crippen LogP contribution is 2.43. The maximum Gasteiger partial charge on any atom is 0.248 e. The average Bonchev–Trinajstić information content (AvgIpc) is 3.08. The van der Waals surface area contributed by atoms with Crippen LogP contribution in [0, 0.1) is 0 Å². The standard InChI is InChI=1S/C16H17F2N3O3/c17-16(18)5-3-15(22,4-6-16)14-10-21(20-19-14)11-1-2-12-13(9-11)24-8-7-23-12/h1-2,9-10,22H,3-8H2. The summed E-state index contributed by atoms with van der Waals surface area (Å²) in [7, 11) is 0. The highest BCUT2D eigenvalue weighted by atomic mass is 19.3. The number of hydrogen-bond acceptors (Lipinski definition) is 5. The molecule has 24 heavy (non-hydrogen) atoms. The topological polar surface area (TPSA) is 69.4 Å². The second kappa shape index (κ2) is 5.41. The molecule has 1 aromatic heterocycles. The van der Waals surface area contributed by atoms with Crippen LogP contribution in [0.2, 0.25) is 0 Å². The van der Waals surface area contributed by atoms with Crippen LogP contribution in [-0.4, -0.2) is 39.2 Å². The van der Waals surface area contributed by atoms with Crippen LogP contribution in [0.4, 0.5) is 8.78 Å². The lowest BCUT2D eigenvalue weighted by atomic mass is 9.81. The molecular weight excluding hydrogens is 320 g/mol. The smallest absolute Gasteiger partial charge is 0.248 e. The molecule has 1 saturated carbocycles. The minimum Gasteiger partial charge on any atom is -0.486 e. The van der Waals surface area contributed by atoms with Crippen molar-refractivity contribution in [2.75, 3.05) is 13.2 Å². The Labute approximate surface area is 137 Å². The molecule has 1 fully saturated rings. The molecule has 0 spiro atoms. The van der Waals surface area contributed by atoms with Gasteiger partial charge in [-0.2, -0.15) is 0 Å². The lowest BCUT2D eigenvalue weighted by Gasteiger charge is -2.34. The summed E-state index contributed by atoms with van der Waals surface area (Å²) in [5.74, 6) is -1.43. The predicted octanol–water partition coefficient (Wildman–Crippen LogP) is 2.44. The van der Waals surface area contributed by atoms with Gasteiger partial charge in [0.2, 0.25) is 5.92 Å². The van der Waals surface area contributed by atoms with Crippen molar-refractivity contribution in [1.82, 2.24) is 15.0 Å². The molecule has 128 valence electrons. The van der Waals surface area contributed by atoms with E-state index in [2.05, 4.69) is 10.3 Å². The Morgan fingerprint density at radius 1 is 1.04 bits per heavy atom. The van der Waals surface area contributed by atoms with Crippen molar-refractivity contribution in [2.24, 2.45) is 0 Å². The summed E-state index contributed by atoms with van der Waals surface area (Å²) in [6, 6.07) is 5.35. The van der Waals surface area contributed by atoms with Gasteiger partial charge in [0, 0.05) is 18.9 Å². The predicted molar refractivity (Wildman–Crippen MR) is 79.7 cm³/mol. The number of halogens is 2. The van der Waals surface area contributed by atoms with Gasteiger partial charge >= 0.3 is 0 Å². The van der Waals surface area contributed by atoms with Crippen LogP contribution >= 0.6 is 0 Å². The van der Waals surface area contributed by atoms with E-state index in [1.807, 2.05) is 0 Å². The Balaban J connectivity index is 1.59. The monoisotopic (exact) mass is 337 g/mol. The Kier molecular flexibility index (Phi) is 3.45. The van der Waals surface area contributed by atoms with E-state index >= 15 is 0 Å². The van der Waals surface area contributed by atoms with Crippen LogP contribution in [0.25, 0.3) is 5.69 Å². The van der Waals surface area contributed by atoms with E-state index in [0.29, 0.717) is 36.1 Å². The Morgan fingerprint density at radius 2 is 1.75 bits per heavy atom. The summed E-state index contributed by atoms with van der Waals surface area (Å²) < 4.78 is 39.1. The minimum atomic E-state index is -2.71. The maximum absolute atomic E-state index is 13.3. The second-order valence-corrected chi connectivity index (χ2v) is 6.26. The Hall–Kier alpha value is -2.22. The highest BCUT2D eigenvalue weighted by molar-refractivity contribution is 5.49. The van der Waals surface area contributed by atoms with E-state index < -0.39 is 11.5 Å². The van der Waals surface area contributed by atoms with Crippen LogP contribution in [0.5, 0.6) is 11.5 Å². The van der Waals surface area contributed by atoms with Gasteiger partial charge in [-0.15, -0.1) is 5.10 Å². The number of ether oxygens (including phenoxy) is 2. The van der Waals surface area contributed by atoms with Crippen LogP contribution in [-0.2, 0) is 5.60 Å². The number of aliphatic hydroxyl groups is 1. The molecule has 2 heterocycles. The number of fused-ring (bicyclic) bond motifs is 1. The molecular formula is C16H17F2N3O3. The van der Waals surface area contributed by atoms with Crippen molar-refractivity contribution in [2.45, 2.75) is 37.2 Å². The molecule has 0 saturated heterocycles. The number of hydrogen-bond donors (Lipinski definition) is 1. The SMILES string of the molecule is OC1(c2cn(-c3ccc4c(c3)OCCO4)nn2)CCC(F)(F)CC1. The summed E-state index contributed by atoms with van der Waals surface area (Å²) in [5, 5.41) is 18.6. The lowest BCUT2D eigenvalue weighted by molar-refractivity contribution is -0.108. The fourth-order valence-corrected chi connectivity index (χ4v) is 3.06.